The number of methoxy groups -OCH3 is 1. The number of fused-ring (bicyclic) bond motifs is 1. The molecule has 3 nitrogen and oxygen atoms in total. The standard InChI is InChI=1S/C11H12N2O/c1-7-10(14-2)6-8-4-3-5-9(12)11(8)13-7/h3-6H,12H2,1-2H3. The molecular weight excluding hydrogens is 176 g/mol. The van der Waals surface area contributed by atoms with Gasteiger partial charge in [0.15, 0.2) is 0 Å². The van der Waals surface area contributed by atoms with Gasteiger partial charge in [0.05, 0.1) is 24.0 Å². The molecule has 72 valence electrons. The summed E-state index contributed by atoms with van der Waals surface area (Å²) >= 11 is 0. The largest absolute Gasteiger partial charge is 0.495 e. The first-order valence-corrected chi connectivity index (χ1v) is 4.42. The van der Waals surface area contributed by atoms with E-state index in [-0.39, 0.29) is 0 Å². The summed E-state index contributed by atoms with van der Waals surface area (Å²) in [6.45, 7) is 1.91. The zero-order valence-electron chi connectivity index (χ0n) is 8.24. The van der Waals surface area contributed by atoms with Gasteiger partial charge in [-0.05, 0) is 19.1 Å². The Balaban J connectivity index is 2.79. The third kappa shape index (κ3) is 1.27. The molecule has 0 aliphatic heterocycles. The molecule has 0 amide bonds. The zero-order chi connectivity index (χ0) is 10.1. The van der Waals surface area contributed by atoms with Crippen LogP contribution in [0, 0.1) is 6.92 Å². The fourth-order valence-corrected chi connectivity index (χ4v) is 1.50. The summed E-state index contributed by atoms with van der Waals surface area (Å²) in [5.74, 6) is 0.795. The van der Waals surface area contributed by atoms with E-state index in [2.05, 4.69) is 4.98 Å². The first kappa shape index (κ1) is 8.81. The van der Waals surface area contributed by atoms with Crippen molar-refractivity contribution < 1.29 is 4.74 Å². The number of pyridine rings is 1. The fourth-order valence-electron chi connectivity index (χ4n) is 1.50. The molecule has 2 N–H and O–H groups in total. The minimum absolute atomic E-state index is 0.702. The lowest BCUT2D eigenvalue weighted by Gasteiger charge is -2.07. The zero-order valence-corrected chi connectivity index (χ0v) is 8.24. The molecule has 1 aromatic carbocycles. The van der Waals surface area contributed by atoms with Crippen LogP contribution in [0.15, 0.2) is 24.3 Å². The predicted octanol–water partition coefficient (Wildman–Crippen LogP) is 2.13. The SMILES string of the molecule is COc1cc2cccc(N)c2nc1C. The lowest BCUT2D eigenvalue weighted by atomic mass is 10.1. The summed E-state index contributed by atoms with van der Waals surface area (Å²) in [6, 6.07) is 7.68. The second-order valence-corrected chi connectivity index (χ2v) is 3.19. The molecule has 0 radical (unpaired) electrons. The Bertz CT molecular complexity index is 480. The molecular formula is C11H12N2O. The van der Waals surface area contributed by atoms with Gasteiger partial charge in [-0.25, -0.2) is 4.98 Å². The van der Waals surface area contributed by atoms with E-state index < -0.39 is 0 Å². The number of rotatable bonds is 1. The summed E-state index contributed by atoms with van der Waals surface area (Å²) in [5.41, 5.74) is 8.21. The average molecular weight is 188 g/mol. The number of para-hydroxylation sites is 1. The quantitative estimate of drug-likeness (QED) is 0.697. The summed E-state index contributed by atoms with van der Waals surface area (Å²) in [5, 5.41) is 1.01. The van der Waals surface area contributed by atoms with Gasteiger partial charge in [0.25, 0.3) is 0 Å². The van der Waals surface area contributed by atoms with E-state index in [1.807, 2.05) is 31.2 Å². The third-order valence-electron chi connectivity index (χ3n) is 2.24. The Kier molecular flexibility index (Phi) is 2.00. The normalized spacial score (nSPS) is 10.4. The van der Waals surface area contributed by atoms with Gasteiger partial charge < -0.3 is 10.5 Å². The van der Waals surface area contributed by atoms with Crippen LogP contribution < -0.4 is 10.5 Å². The number of nitrogen functional groups attached to an aromatic ring is 1. The molecule has 14 heavy (non-hydrogen) atoms. The maximum absolute atomic E-state index is 5.81. The van der Waals surface area contributed by atoms with Gasteiger partial charge in [-0.3, -0.25) is 0 Å². The summed E-state index contributed by atoms with van der Waals surface area (Å²) in [4.78, 5) is 4.40. The highest BCUT2D eigenvalue weighted by Gasteiger charge is 2.04. The summed E-state index contributed by atoms with van der Waals surface area (Å²) in [6.07, 6.45) is 0. The van der Waals surface area contributed by atoms with E-state index in [0.717, 1.165) is 22.3 Å². The van der Waals surface area contributed by atoms with Crippen molar-refractivity contribution in [3.8, 4) is 5.75 Å². The maximum atomic E-state index is 5.81. The number of ether oxygens (including phenoxy) is 1. The molecule has 0 saturated carbocycles. The molecule has 0 saturated heterocycles. The third-order valence-corrected chi connectivity index (χ3v) is 2.24. The van der Waals surface area contributed by atoms with E-state index in [4.69, 9.17) is 10.5 Å². The van der Waals surface area contributed by atoms with Crippen LogP contribution in [0.4, 0.5) is 5.69 Å². The Hall–Kier alpha value is -1.77. The van der Waals surface area contributed by atoms with E-state index in [1.54, 1.807) is 7.11 Å². The predicted molar refractivity (Wildman–Crippen MR) is 57.4 cm³/mol. The Morgan fingerprint density at radius 1 is 1.36 bits per heavy atom. The van der Waals surface area contributed by atoms with Crippen molar-refractivity contribution in [1.82, 2.24) is 4.98 Å². The molecule has 0 unspecified atom stereocenters. The van der Waals surface area contributed by atoms with E-state index in [1.165, 1.54) is 0 Å². The monoisotopic (exact) mass is 188 g/mol. The van der Waals surface area contributed by atoms with Crippen LogP contribution in [-0.4, -0.2) is 12.1 Å². The van der Waals surface area contributed by atoms with Gasteiger partial charge in [0.2, 0.25) is 0 Å². The lowest BCUT2D eigenvalue weighted by molar-refractivity contribution is 0.410. The molecule has 2 aromatic rings. The number of hydrogen-bond donors (Lipinski definition) is 1. The summed E-state index contributed by atoms with van der Waals surface area (Å²) < 4.78 is 5.19. The molecule has 0 aliphatic rings. The van der Waals surface area contributed by atoms with E-state index in [9.17, 15) is 0 Å². The molecule has 0 bridgehead atoms. The highest BCUT2D eigenvalue weighted by molar-refractivity contribution is 5.90. The molecule has 0 spiro atoms. The number of nitrogens with zero attached hydrogens (tertiary/aromatic N) is 1. The number of benzene rings is 1. The number of anilines is 1. The van der Waals surface area contributed by atoms with Crippen molar-refractivity contribution in [2.24, 2.45) is 0 Å². The second kappa shape index (κ2) is 3.18. The molecule has 3 heteroatoms. The highest BCUT2D eigenvalue weighted by atomic mass is 16.5. The van der Waals surface area contributed by atoms with E-state index in [0.29, 0.717) is 5.69 Å². The first-order valence-electron chi connectivity index (χ1n) is 4.42. The van der Waals surface area contributed by atoms with Crippen LogP contribution in [0.2, 0.25) is 0 Å². The van der Waals surface area contributed by atoms with Gasteiger partial charge in [-0.1, -0.05) is 12.1 Å². The minimum Gasteiger partial charge on any atom is -0.495 e. The van der Waals surface area contributed by atoms with E-state index >= 15 is 0 Å². The number of nitrogens with two attached hydrogens (primary N) is 1. The fraction of sp³-hybridized carbons (Fsp3) is 0.182. The Morgan fingerprint density at radius 3 is 2.86 bits per heavy atom. The number of aryl methyl sites for hydroxylation is 1. The van der Waals surface area contributed by atoms with Gasteiger partial charge >= 0.3 is 0 Å². The van der Waals surface area contributed by atoms with Gasteiger partial charge in [-0.15, -0.1) is 0 Å². The Morgan fingerprint density at radius 2 is 2.14 bits per heavy atom. The van der Waals surface area contributed by atoms with Gasteiger partial charge in [0, 0.05) is 5.39 Å². The van der Waals surface area contributed by atoms with Crippen molar-refractivity contribution >= 4 is 16.6 Å². The van der Waals surface area contributed by atoms with Gasteiger partial charge in [-0.2, -0.15) is 0 Å². The molecule has 1 aromatic heterocycles. The number of hydrogen-bond acceptors (Lipinski definition) is 3. The molecule has 0 aliphatic carbocycles. The number of aromatic nitrogens is 1. The second-order valence-electron chi connectivity index (χ2n) is 3.19. The molecule has 1 heterocycles. The van der Waals surface area contributed by atoms with Gasteiger partial charge in [0.1, 0.15) is 5.75 Å². The van der Waals surface area contributed by atoms with Crippen LogP contribution in [0.3, 0.4) is 0 Å². The molecule has 0 fully saturated rings. The smallest absolute Gasteiger partial charge is 0.140 e. The molecule has 0 atom stereocenters. The molecule has 2 rings (SSSR count). The topological polar surface area (TPSA) is 48.1 Å². The first-order chi connectivity index (χ1) is 6.72. The minimum atomic E-state index is 0.702. The average Bonchev–Trinajstić information content (AvgIpc) is 2.19. The van der Waals surface area contributed by atoms with Crippen LogP contribution in [0.5, 0.6) is 5.75 Å². The van der Waals surface area contributed by atoms with Crippen molar-refractivity contribution in [2.75, 3.05) is 12.8 Å². The van der Waals surface area contributed by atoms with Crippen LogP contribution in [-0.2, 0) is 0 Å². The Labute approximate surface area is 82.5 Å². The van der Waals surface area contributed by atoms with Crippen molar-refractivity contribution in [1.29, 1.82) is 0 Å². The van der Waals surface area contributed by atoms with Crippen molar-refractivity contribution in [3.05, 3.63) is 30.0 Å². The lowest BCUT2D eigenvalue weighted by Crippen LogP contribution is -1.94. The summed E-state index contributed by atoms with van der Waals surface area (Å²) in [7, 11) is 1.64. The van der Waals surface area contributed by atoms with Crippen molar-refractivity contribution in [3.63, 3.8) is 0 Å². The van der Waals surface area contributed by atoms with Crippen LogP contribution in [0.1, 0.15) is 5.69 Å². The highest BCUT2D eigenvalue weighted by Crippen LogP contribution is 2.25. The maximum Gasteiger partial charge on any atom is 0.140 e. The van der Waals surface area contributed by atoms with Crippen LogP contribution >= 0.6 is 0 Å². The van der Waals surface area contributed by atoms with Crippen molar-refractivity contribution in [2.45, 2.75) is 6.92 Å². The van der Waals surface area contributed by atoms with Crippen LogP contribution in [0.25, 0.3) is 10.9 Å².